The van der Waals surface area contributed by atoms with E-state index in [9.17, 15) is 18.0 Å². The normalized spacial score (nSPS) is 11.1. The van der Waals surface area contributed by atoms with Gasteiger partial charge < -0.3 is 24.4 Å². The molecule has 0 bridgehead atoms. The van der Waals surface area contributed by atoms with Crippen molar-refractivity contribution in [2.24, 2.45) is 0 Å². The van der Waals surface area contributed by atoms with Crippen LogP contribution < -0.4 is 24.4 Å². The highest BCUT2D eigenvalue weighted by Crippen LogP contribution is 2.46. The molecule has 0 atom stereocenters. The Balaban J connectivity index is 1.77. The maximum Gasteiger partial charge on any atom is 0.416 e. The van der Waals surface area contributed by atoms with Crippen LogP contribution in [0.1, 0.15) is 21.5 Å². The van der Waals surface area contributed by atoms with Crippen LogP contribution in [0.4, 0.5) is 35.9 Å². The summed E-state index contributed by atoms with van der Waals surface area (Å²) in [5.41, 5.74) is 2.56. The lowest BCUT2D eigenvalue weighted by atomic mass is 10.1. The predicted octanol–water partition coefficient (Wildman–Crippen LogP) is 7.82. The molecule has 6 nitrogen and oxygen atoms in total. The number of nitrogens with one attached hydrogen (secondary N) is 1. The number of alkyl halides is 3. The average Bonchev–Trinajstić information content (AvgIpc) is 3.43. The van der Waals surface area contributed by atoms with Gasteiger partial charge in [0.15, 0.2) is 11.5 Å². The first-order valence-electron chi connectivity index (χ1n) is 11.4. The van der Waals surface area contributed by atoms with E-state index in [2.05, 4.69) is 5.32 Å². The summed E-state index contributed by atoms with van der Waals surface area (Å²) < 4.78 is 55.9. The second kappa shape index (κ2) is 11.1. The minimum atomic E-state index is -4.51. The van der Waals surface area contributed by atoms with Gasteiger partial charge in [-0.1, -0.05) is 12.1 Å². The van der Waals surface area contributed by atoms with Crippen molar-refractivity contribution >= 4 is 40.0 Å². The van der Waals surface area contributed by atoms with E-state index in [0.29, 0.717) is 28.6 Å². The highest BCUT2D eigenvalue weighted by atomic mass is 32.1. The molecule has 4 aromatic rings. The lowest BCUT2D eigenvalue weighted by Crippen LogP contribution is -2.16. The Hall–Kier alpha value is -4.18. The second-order valence-electron chi connectivity index (χ2n) is 8.23. The van der Waals surface area contributed by atoms with E-state index in [1.165, 1.54) is 44.8 Å². The first-order valence-corrected chi connectivity index (χ1v) is 12.3. The number of amides is 1. The molecule has 0 aliphatic rings. The molecule has 0 aliphatic heterocycles. The molecule has 0 spiro atoms. The molecule has 38 heavy (non-hydrogen) atoms. The number of hydrogen-bond acceptors (Lipinski definition) is 6. The maximum atomic E-state index is 13.1. The number of halogens is 3. The van der Waals surface area contributed by atoms with E-state index in [0.717, 1.165) is 23.4 Å². The van der Waals surface area contributed by atoms with Gasteiger partial charge in [0.2, 0.25) is 5.75 Å². The summed E-state index contributed by atoms with van der Waals surface area (Å²) in [6, 6.07) is 15.2. The van der Waals surface area contributed by atoms with Gasteiger partial charge in [-0.25, -0.2) is 0 Å². The summed E-state index contributed by atoms with van der Waals surface area (Å²) in [6.07, 6.45) is -4.51. The van der Waals surface area contributed by atoms with Crippen molar-refractivity contribution in [3.8, 4) is 17.2 Å². The van der Waals surface area contributed by atoms with E-state index < -0.39 is 17.6 Å². The van der Waals surface area contributed by atoms with E-state index in [4.69, 9.17) is 14.2 Å². The molecule has 0 unspecified atom stereocenters. The minimum absolute atomic E-state index is 0.0475. The summed E-state index contributed by atoms with van der Waals surface area (Å²) in [7, 11) is 4.58. The number of benzene rings is 3. The highest BCUT2D eigenvalue weighted by molar-refractivity contribution is 7.08. The number of ether oxygens (including phenoxy) is 3. The van der Waals surface area contributed by atoms with Crippen LogP contribution in [-0.4, -0.2) is 27.2 Å². The number of anilines is 4. The molecule has 198 valence electrons. The highest BCUT2D eigenvalue weighted by Gasteiger charge is 2.30. The van der Waals surface area contributed by atoms with Crippen molar-refractivity contribution in [3.05, 3.63) is 88.1 Å². The number of methoxy groups -OCH3 is 3. The zero-order valence-electron chi connectivity index (χ0n) is 21.1. The molecule has 4 rings (SSSR count). The summed E-state index contributed by atoms with van der Waals surface area (Å²) in [4.78, 5) is 15.0. The van der Waals surface area contributed by atoms with E-state index in [1.54, 1.807) is 30.3 Å². The molecule has 1 amide bonds. The van der Waals surface area contributed by atoms with Gasteiger partial charge in [0.25, 0.3) is 5.91 Å². The van der Waals surface area contributed by atoms with Crippen molar-refractivity contribution < 1.29 is 32.2 Å². The number of carbonyl (C=O) groups is 1. The Bertz CT molecular complexity index is 1410. The third kappa shape index (κ3) is 5.55. The number of nitrogens with zero attached hydrogens (tertiary/aromatic N) is 1. The molecule has 0 saturated heterocycles. The summed E-state index contributed by atoms with van der Waals surface area (Å²) in [5.74, 6) is 0.812. The molecule has 10 heteroatoms. The van der Waals surface area contributed by atoms with Crippen molar-refractivity contribution in [2.75, 3.05) is 31.5 Å². The van der Waals surface area contributed by atoms with Gasteiger partial charge in [-0.05, 0) is 54.3 Å². The van der Waals surface area contributed by atoms with Crippen LogP contribution in [0.2, 0.25) is 0 Å². The fourth-order valence-electron chi connectivity index (χ4n) is 3.98. The standard InChI is InChI=1S/C28H25F3N2O4S/c1-17-8-9-18(27(34)32-20-7-5-6-19(13-20)28(29,30)31)12-23(17)33(21-10-11-38-16-21)22-14-24(35-2)26(37-4)25(15-22)36-3/h5-16H,1-4H3,(H,32,34). The van der Waals surface area contributed by atoms with Crippen LogP contribution in [-0.2, 0) is 6.18 Å². The van der Waals surface area contributed by atoms with Crippen LogP contribution in [0.5, 0.6) is 17.2 Å². The molecular weight excluding hydrogens is 517 g/mol. The fraction of sp³-hybridized carbons (Fsp3) is 0.179. The number of aryl methyl sites for hydroxylation is 1. The molecule has 3 aromatic carbocycles. The first kappa shape index (κ1) is 26.9. The van der Waals surface area contributed by atoms with Gasteiger partial charge in [-0.15, -0.1) is 0 Å². The minimum Gasteiger partial charge on any atom is -0.493 e. The Labute approximate surface area is 222 Å². The summed E-state index contributed by atoms with van der Waals surface area (Å²) in [6.45, 7) is 1.90. The van der Waals surface area contributed by atoms with E-state index in [1.807, 2.05) is 28.7 Å². The second-order valence-corrected chi connectivity index (χ2v) is 9.01. The van der Waals surface area contributed by atoms with Crippen molar-refractivity contribution in [3.63, 3.8) is 0 Å². The SMILES string of the molecule is COc1cc(N(c2ccsc2)c2cc(C(=O)Nc3cccc(C(F)(F)F)c3)ccc2C)cc(OC)c1OC. The van der Waals surface area contributed by atoms with Crippen LogP contribution in [0.25, 0.3) is 0 Å². The van der Waals surface area contributed by atoms with Crippen molar-refractivity contribution in [1.29, 1.82) is 0 Å². The Morgan fingerprint density at radius 3 is 2.18 bits per heavy atom. The van der Waals surface area contributed by atoms with Gasteiger partial charge in [0.1, 0.15) is 0 Å². The third-order valence-electron chi connectivity index (χ3n) is 5.83. The number of rotatable bonds is 8. The van der Waals surface area contributed by atoms with Crippen LogP contribution in [0, 0.1) is 6.92 Å². The van der Waals surface area contributed by atoms with Crippen molar-refractivity contribution in [2.45, 2.75) is 13.1 Å². The largest absolute Gasteiger partial charge is 0.493 e. The average molecular weight is 543 g/mol. The Morgan fingerprint density at radius 1 is 0.895 bits per heavy atom. The Kier molecular flexibility index (Phi) is 7.82. The quantitative estimate of drug-likeness (QED) is 0.246. The molecule has 0 saturated carbocycles. The summed E-state index contributed by atoms with van der Waals surface area (Å²) >= 11 is 1.51. The molecule has 0 radical (unpaired) electrons. The van der Waals surface area contributed by atoms with Gasteiger partial charge in [-0.2, -0.15) is 24.5 Å². The molecule has 1 heterocycles. The summed E-state index contributed by atoms with van der Waals surface area (Å²) in [5, 5.41) is 6.46. The molecule has 0 aliphatic carbocycles. The van der Waals surface area contributed by atoms with Gasteiger partial charge >= 0.3 is 6.18 Å². The maximum absolute atomic E-state index is 13.1. The van der Waals surface area contributed by atoms with Crippen molar-refractivity contribution in [1.82, 2.24) is 0 Å². The lowest BCUT2D eigenvalue weighted by Gasteiger charge is -2.27. The zero-order chi connectivity index (χ0) is 27.4. The van der Waals surface area contributed by atoms with E-state index in [-0.39, 0.29) is 11.3 Å². The smallest absolute Gasteiger partial charge is 0.416 e. The topological polar surface area (TPSA) is 60.0 Å². The molecule has 1 aromatic heterocycles. The van der Waals surface area contributed by atoms with Gasteiger partial charge in [0.05, 0.1) is 38.3 Å². The fourth-order valence-corrected chi connectivity index (χ4v) is 4.60. The predicted molar refractivity (Wildman–Crippen MR) is 143 cm³/mol. The lowest BCUT2D eigenvalue weighted by molar-refractivity contribution is -0.137. The third-order valence-corrected chi connectivity index (χ3v) is 6.50. The monoisotopic (exact) mass is 542 g/mol. The molecule has 1 N–H and O–H groups in total. The number of carbonyl (C=O) groups excluding carboxylic acids is 1. The Morgan fingerprint density at radius 2 is 1.61 bits per heavy atom. The van der Waals surface area contributed by atoms with E-state index >= 15 is 0 Å². The molecular formula is C28H25F3N2O4S. The van der Waals surface area contributed by atoms with Crippen LogP contribution in [0.15, 0.2) is 71.4 Å². The zero-order valence-corrected chi connectivity index (χ0v) is 21.9. The van der Waals surface area contributed by atoms with Crippen LogP contribution in [0.3, 0.4) is 0 Å². The number of hydrogen-bond donors (Lipinski definition) is 1. The van der Waals surface area contributed by atoms with Gasteiger partial charge in [-0.3, -0.25) is 4.79 Å². The number of thiophene rings is 1. The van der Waals surface area contributed by atoms with Gasteiger partial charge in [0, 0.05) is 34.5 Å². The van der Waals surface area contributed by atoms with Crippen LogP contribution >= 0.6 is 11.3 Å². The first-order chi connectivity index (χ1) is 18.2. The molecule has 0 fully saturated rings.